The molecule has 0 saturated carbocycles. The summed E-state index contributed by atoms with van der Waals surface area (Å²) in [5.41, 5.74) is 6.37. The normalized spacial score (nSPS) is 22.8. The zero-order chi connectivity index (χ0) is 17.5. The molecular weight excluding hydrogens is 330 g/mol. The zero-order valence-corrected chi connectivity index (χ0v) is 16.4. The molecular formula is C19H33N5S. The first kappa shape index (κ1) is 18.7. The predicted octanol–water partition coefficient (Wildman–Crippen LogP) is 2.15. The molecule has 0 atom stereocenters. The average molecular weight is 364 g/mol. The molecule has 5 nitrogen and oxygen atoms in total. The number of likely N-dealkylation sites (tertiary alicyclic amines) is 2. The molecule has 2 fully saturated rings. The summed E-state index contributed by atoms with van der Waals surface area (Å²) < 4.78 is 0. The van der Waals surface area contributed by atoms with E-state index in [0.29, 0.717) is 5.96 Å². The highest BCUT2D eigenvalue weighted by atomic mass is 32.1. The van der Waals surface area contributed by atoms with Crippen LogP contribution >= 0.6 is 11.3 Å². The Balaban J connectivity index is 1.55. The lowest BCUT2D eigenvalue weighted by Crippen LogP contribution is -2.58. The van der Waals surface area contributed by atoms with Gasteiger partial charge in [0.2, 0.25) is 0 Å². The van der Waals surface area contributed by atoms with Gasteiger partial charge in [0.05, 0.1) is 6.54 Å². The van der Waals surface area contributed by atoms with Gasteiger partial charge in [-0.1, -0.05) is 12.5 Å². The summed E-state index contributed by atoms with van der Waals surface area (Å²) in [6, 6.07) is 4.27. The second-order valence-corrected chi connectivity index (χ2v) is 8.57. The maximum absolute atomic E-state index is 6.16. The maximum Gasteiger partial charge on any atom is 0.188 e. The summed E-state index contributed by atoms with van der Waals surface area (Å²) in [7, 11) is 2.23. The van der Waals surface area contributed by atoms with Gasteiger partial charge >= 0.3 is 0 Å². The lowest BCUT2D eigenvalue weighted by molar-refractivity contribution is 0.0208. The van der Waals surface area contributed by atoms with Crippen LogP contribution in [-0.2, 0) is 6.42 Å². The fraction of sp³-hybridized carbons (Fsp3) is 0.737. The molecule has 2 saturated heterocycles. The highest BCUT2D eigenvalue weighted by Crippen LogP contribution is 2.31. The third kappa shape index (κ3) is 5.19. The summed E-state index contributed by atoms with van der Waals surface area (Å²) >= 11 is 1.80. The third-order valence-electron chi connectivity index (χ3n) is 5.75. The van der Waals surface area contributed by atoms with Crippen molar-refractivity contribution in [3.8, 4) is 0 Å². The number of nitrogens with zero attached hydrogens (tertiary/aromatic N) is 3. The van der Waals surface area contributed by atoms with Crippen molar-refractivity contribution in [2.75, 3.05) is 46.3 Å². The molecule has 2 aliphatic heterocycles. The lowest BCUT2D eigenvalue weighted by atomic mass is 9.84. The summed E-state index contributed by atoms with van der Waals surface area (Å²) in [5.74, 6) is 0.604. The summed E-state index contributed by atoms with van der Waals surface area (Å²) in [6.07, 6.45) is 7.45. The van der Waals surface area contributed by atoms with Gasteiger partial charge in [-0.05, 0) is 76.8 Å². The highest BCUT2D eigenvalue weighted by Gasteiger charge is 2.39. The first-order valence-corrected chi connectivity index (χ1v) is 10.6. The van der Waals surface area contributed by atoms with Gasteiger partial charge in [-0.15, -0.1) is 11.3 Å². The molecule has 1 aromatic heterocycles. The minimum Gasteiger partial charge on any atom is -0.370 e. The van der Waals surface area contributed by atoms with Crippen LogP contribution in [0.2, 0.25) is 0 Å². The Kier molecular flexibility index (Phi) is 6.73. The zero-order valence-electron chi connectivity index (χ0n) is 15.5. The topological polar surface area (TPSA) is 56.9 Å². The molecule has 0 aliphatic carbocycles. The quantitative estimate of drug-likeness (QED) is 0.601. The van der Waals surface area contributed by atoms with Gasteiger partial charge in [0.1, 0.15) is 0 Å². The summed E-state index contributed by atoms with van der Waals surface area (Å²) in [5, 5.41) is 5.42. The van der Waals surface area contributed by atoms with Crippen LogP contribution < -0.4 is 11.1 Å². The Labute approximate surface area is 156 Å². The Bertz CT molecular complexity index is 528. The minimum absolute atomic E-state index is 0.215. The SMILES string of the molecule is CN1CCC(CN=C(N)NCCc2cccs2)(N2CCCCC2)CC1. The highest BCUT2D eigenvalue weighted by molar-refractivity contribution is 7.09. The number of piperidine rings is 2. The molecule has 140 valence electrons. The molecule has 0 unspecified atom stereocenters. The van der Waals surface area contributed by atoms with Gasteiger partial charge in [0.15, 0.2) is 5.96 Å². The van der Waals surface area contributed by atoms with E-state index in [9.17, 15) is 0 Å². The first-order valence-electron chi connectivity index (χ1n) is 9.68. The number of rotatable bonds is 6. The number of thiophene rings is 1. The Hall–Kier alpha value is -1.11. The van der Waals surface area contributed by atoms with Crippen LogP contribution in [0.25, 0.3) is 0 Å². The molecule has 0 bridgehead atoms. The second-order valence-electron chi connectivity index (χ2n) is 7.53. The second kappa shape index (κ2) is 9.01. The largest absolute Gasteiger partial charge is 0.370 e. The van der Waals surface area contributed by atoms with Crippen LogP contribution in [0.4, 0.5) is 0 Å². The van der Waals surface area contributed by atoms with Crippen LogP contribution in [0.3, 0.4) is 0 Å². The van der Waals surface area contributed by atoms with E-state index >= 15 is 0 Å². The van der Waals surface area contributed by atoms with E-state index in [1.54, 1.807) is 11.3 Å². The Morgan fingerprint density at radius 2 is 2.00 bits per heavy atom. The van der Waals surface area contributed by atoms with E-state index in [4.69, 9.17) is 10.7 Å². The maximum atomic E-state index is 6.16. The van der Waals surface area contributed by atoms with Crippen molar-refractivity contribution < 1.29 is 0 Å². The van der Waals surface area contributed by atoms with Crippen molar-refractivity contribution >= 4 is 17.3 Å². The number of nitrogens with one attached hydrogen (secondary N) is 1. The van der Waals surface area contributed by atoms with Gasteiger partial charge in [-0.25, -0.2) is 0 Å². The molecule has 0 aromatic carbocycles. The van der Waals surface area contributed by atoms with Crippen molar-refractivity contribution in [1.82, 2.24) is 15.1 Å². The van der Waals surface area contributed by atoms with Crippen molar-refractivity contribution in [1.29, 1.82) is 0 Å². The number of nitrogens with two attached hydrogens (primary N) is 1. The van der Waals surface area contributed by atoms with Gasteiger partial charge in [0, 0.05) is 17.0 Å². The molecule has 0 radical (unpaired) electrons. The van der Waals surface area contributed by atoms with Gasteiger partial charge in [-0.3, -0.25) is 9.89 Å². The van der Waals surface area contributed by atoms with Crippen LogP contribution in [-0.4, -0.2) is 67.6 Å². The predicted molar refractivity (Wildman–Crippen MR) is 107 cm³/mol. The number of aliphatic imine (C=N–C) groups is 1. The smallest absolute Gasteiger partial charge is 0.188 e. The van der Waals surface area contributed by atoms with Crippen LogP contribution in [0.1, 0.15) is 37.0 Å². The van der Waals surface area contributed by atoms with Crippen LogP contribution in [0, 0.1) is 0 Å². The van der Waals surface area contributed by atoms with Gasteiger partial charge in [-0.2, -0.15) is 0 Å². The van der Waals surface area contributed by atoms with E-state index in [1.807, 2.05) is 0 Å². The monoisotopic (exact) mass is 363 g/mol. The molecule has 3 heterocycles. The standard InChI is InChI=1S/C19H33N5S/c1-23-13-8-19(9-14-23,24-11-3-2-4-12-24)16-22-18(20)21-10-7-17-6-5-15-25-17/h5-6,15H,2-4,7-14,16H2,1H3,(H3,20,21,22). The molecule has 0 amide bonds. The third-order valence-corrected chi connectivity index (χ3v) is 6.68. The Morgan fingerprint density at radius 1 is 1.24 bits per heavy atom. The molecule has 3 N–H and O–H groups in total. The molecule has 6 heteroatoms. The molecule has 25 heavy (non-hydrogen) atoms. The fourth-order valence-corrected chi connectivity index (χ4v) is 4.74. The van der Waals surface area contributed by atoms with Crippen molar-refractivity contribution in [3.05, 3.63) is 22.4 Å². The lowest BCUT2D eigenvalue weighted by Gasteiger charge is -2.49. The summed E-state index contributed by atoms with van der Waals surface area (Å²) in [6.45, 7) is 6.47. The van der Waals surface area contributed by atoms with Gasteiger partial charge in [0.25, 0.3) is 0 Å². The van der Waals surface area contributed by atoms with E-state index in [-0.39, 0.29) is 5.54 Å². The first-order chi connectivity index (χ1) is 12.2. The minimum atomic E-state index is 0.215. The van der Waals surface area contributed by atoms with E-state index in [2.05, 4.69) is 39.7 Å². The molecule has 3 rings (SSSR count). The van der Waals surface area contributed by atoms with Gasteiger partial charge < -0.3 is 16.0 Å². The van der Waals surface area contributed by atoms with Crippen molar-refractivity contribution in [3.63, 3.8) is 0 Å². The average Bonchev–Trinajstić information content (AvgIpc) is 3.16. The fourth-order valence-electron chi connectivity index (χ4n) is 4.03. The van der Waals surface area contributed by atoms with E-state index in [1.165, 1.54) is 50.1 Å². The number of guanidine groups is 1. The van der Waals surface area contributed by atoms with Crippen LogP contribution in [0.15, 0.2) is 22.5 Å². The van der Waals surface area contributed by atoms with Crippen LogP contribution in [0.5, 0.6) is 0 Å². The van der Waals surface area contributed by atoms with Crippen molar-refractivity contribution in [2.24, 2.45) is 10.7 Å². The van der Waals surface area contributed by atoms with E-state index in [0.717, 1.165) is 32.6 Å². The summed E-state index contributed by atoms with van der Waals surface area (Å²) in [4.78, 5) is 11.3. The number of hydrogen-bond acceptors (Lipinski definition) is 4. The van der Waals surface area contributed by atoms with E-state index < -0.39 is 0 Å². The molecule has 0 spiro atoms. The Morgan fingerprint density at radius 3 is 2.68 bits per heavy atom. The molecule has 2 aliphatic rings. The van der Waals surface area contributed by atoms with Crippen molar-refractivity contribution in [2.45, 2.75) is 44.1 Å². The number of hydrogen-bond donors (Lipinski definition) is 2. The molecule has 1 aromatic rings.